The van der Waals surface area contributed by atoms with E-state index < -0.39 is 0 Å². The molecule has 2 heterocycles. The van der Waals surface area contributed by atoms with Crippen LogP contribution in [0.3, 0.4) is 0 Å². The summed E-state index contributed by atoms with van der Waals surface area (Å²) in [6.07, 6.45) is 2.49. The average molecular weight is 370 g/mol. The van der Waals surface area contributed by atoms with Crippen LogP contribution in [0.2, 0.25) is 5.02 Å². The van der Waals surface area contributed by atoms with Crippen LogP contribution < -0.4 is 5.32 Å². The van der Waals surface area contributed by atoms with Gasteiger partial charge < -0.3 is 0 Å². The van der Waals surface area contributed by atoms with Crippen LogP contribution >= 0.6 is 22.9 Å². The molecule has 25 heavy (non-hydrogen) atoms. The van der Waals surface area contributed by atoms with Crippen LogP contribution in [0.15, 0.2) is 48.7 Å². The molecule has 4 rings (SSSR count). The molecule has 0 saturated heterocycles. The smallest absolute Gasteiger partial charge is 0.257 e. The molecule has 0 spiro atoms. The van der Waals surface area contributed by atoms with Crippen LogP contribution in [-0.2, 0) is 6.42 Å². The molecular formula is C17H12ClN5OS. The van der Waals surface area contributed by atoms with Gasteiger partial charge in [-0.05, 0) is 35.9 Å². The molecule has 0 aliphatic carbocycles. The molecule has 8 heteroatoms. The van der Waals surface area contributed by atoms with Crippen molar-refractivity contribution < 1.29 is 4.79 Å². The van der Waals surface area contributed by atoms with Gasteiger partial charge in [-0.15, -0.1) is 11.3 Å². The molecule has 124 valence electrons. The predicted octanol–water partition coefficient (Wildman–Crippen LogP) is 3.91. The maximum Gasteiger partial charge on any atom is 0.257 e. The third kappa shape index (κ3) is 3.52. The highest BCUT2D eigenvalue weighted by Crippen LogP contribution is 2.23. The SMILES string of the molecule is O=C(Nc1ncc(Cc2cccc(Cl)c2)s1)c1ccc2n[nH]nc2c1. The summed E-state index contributed by atoms with van der Waals surface area (Å²) in [7, 11) is 0. The molecule has 4 aromatic rings. The number of nitrogens with zero attached hydrogens (tertiary/aromatic N) is 3. The fourth-order valence-electron chi connectivity index (χ4n) is 2.45. The number of aromatic nitrogens is 4. The second-order valence-corrected chi connectivity index (χ2v) is 6.97. The molecule has 2 aromatic heterocycles. The molecule has 0 atom stereocenters. The monoisotopic (exact) mass is 369 g/mol. The lowest BCUT2D eigenvalue weighted by Gasteiger charge is -2.01. The summed E-state index contributed by atoms with van der Waals surface area (Å²) < 4.78 is 0. The van der Waals surface area contributed by atoms with Gasteiger partial charge in [-0.2, -0.15) is 15.4 Å². The minimum absolute atomic E-state index is 0.228. The number of aromatic amines is 1. The third-order valence-corrected chi connectivity index (χ3v) is 4.77. The second kappa shape index (κ2) is 6.62. The maximum atomic E-state index is 12.4. The minimum Gasteiger partial charge on any atom is -0.298 e. The number of amides is 1. The van der Waals surface area contributed by atoms with Gasteiger partial charge in [-0.25, -0.2) is 4.98 Å². The molecule has 1 amide bonds. The topological polar surface area (TPSA) is 83.6 Å². The van der Waals surface area contributed by atoms with Crippen molar-refractivity contribution in [3.8, 4) is 0 Å². The summed E-state index contributed by atoms with van der Waals surface area (Å²) in [6.45, 7) is 0. The zero-order chi connectivity index (χ0) is 17.2. The number of hydrogen-bond donors (Lipinski definition) is 2. The largest absolute Gasteiger partial charge is 0.298 e. The van der Waals surface area contributed by atoms with E-state index in [1.54, 1.807) is 24.4 Å². The average Bonchev–Trinajstić information content (AvgIpc) is 3.23. The van der Waals surface area contributed by atoms with Crippen LogP contribution in [0.1, 0.15) is 20.8 Å². The molecule has 2 aromatic carbocycles. The zero-order valence-corrected chi connectivity index (χ0v) is 14.4. The van der Waals surface area contributed by atoms with Crippen LogP contribution in [0.25, 0.3) is 11.0 Å². The number of fused-ring (bicyclic) bond motifs is 1. The van der Waals surface area contributed by atoms with E-state index in [0.717, 1.165) is 22.4 Å². The van der Waals surface area contributed by atoms with Crippen molar-refractivity contribution >= 4 is 45.0 Å². The van der Waals surface area contributed by atoms with Crippen molar-refractivity contribution in [3.63, 3.8) is 0 Å². The first kappa shape index (κ1) is 15.7. The van der Waals surface area contributed by atoms with Crippen LogP contribution in [0, 0.1) is 0 Å². The Bertz CT molecular complexity index is 1060. The van der Waals surface area contributed by atoms with Gasteiger partial charge in [0.05, 0.1) is 0 Å². The van der Waals surface area contributed by atoms with Gasteiger partial charge in [0.25, 0.3) is 5.91 Å². The molecule has 0 aliphatic rings. The number of halogens is 1. The number of H-pyrrole nitrogens is 1. The lowest BCUT2D eigenvalue weighted by molar-refractivity contribution is 0.102. The summed E-state index contributed by atoms with van der Waals surface area (Å²) in [5.41, 5.74) is 2.97. The summed E-state index contributed by atoms with van der Waals surface area (Å²) in [6, 6.07) is 12.8. The first-order valence-corrected chi connectivity index (χ1v) is 8.68. The molecular weight excluding hydrogens is 358 g/mol. The Labute approximate surface area is 151 Å². The summed E-state index contributed by atoms with van der Waals surface area (Å²) >= 11 is 7.45. The predicted molar refractivity (Wildman–Crippen MR) is 98.2 cm³/mol. The number of carbonyl (C=O) groups is 1. The standard InChI is InChI=1S/C17H12ClN5OS/c18-12-3-1-2-10(6-12)7-13-9-19-17(25-13)20-16(24)11-4-5-14-15(8-11)22-23-21-14/h1-6,8-9H,7H2,(H,19,20,24)(H,21,22,23). The Kier molecular flexibility index (Phi) is 4.17. The maximum absolute atomic E-state index is 12.4. The Morgan fingerprint density at radius 1 is 1.16 bits per heavy atom. The number of benzene rings is 2. The van der Waals surface area contributed by atoms with E-state index in [2.05, 4.69) is 25.7 Å². The van der Waals surface area contributed by atoms with Crippen molar-refractivity contribution in [2.45, 2.75) is 6.42 Å². The van der Waals surface area contributed by atoms with E-state index in [1.807, 2.05) is 24.3 Å². The first-order valence-electron chi connectivity index (χ1n) is 7.48. The van der Waals surface area contributed by atoms with Gasteiger partial charge >= 0.3 is 0 Å². The second-order valence-electron chi connectivity index (χ2n) is 5.42. The molecule has 0 fully saturated rings. The Morgan fingerprint density at radius 3 is 2.92 bits per heavy atom. The lowest BCUT2D eigenvalue weighted by atomic mass is 10.1. The van der Waals surface area contributed by atoms with Crippen molar-refractivity contribution in [1.82, 2.24) is 20.4 Å². The number of nitrogens with one attached hydrogen (secondary N) is 2. The molecule has 0 saturated carbocycles. The van der Waals surface area contributed by atoms with Gasteiger partial charge in [-0.3, -0.25) is 10.1 Å². The van der Waals surface area contributed by atoms with E-state index in [-0.39, 0.29) is 5.91 Å². The molecule has 0 aliphatic heterocycles. The van der Waals surface area contributed by atoms with E-state index >= 15 is 0 Å². The third-order valence-electron chi connectivity index (χ3n) is 3.62. The first-order chi connectivity index (χ1) is 12.2. The number of rotatable bonds is 4. The highest BCUT2D eigenvalue weighted by Gasteiger charge is 2.11. The Balaban J connectivity index is 1.47. The number of anilines is 1. The number of hydrogen-bond acceptors (Lipinski definition) is 5. The fraction of sp³-hybridized carbons (Fsp3) is 0.0588. The lowest BCUT2D eigenvalue weighted by Crippen LogP contribution is -2.11. The van der Waals surface area contributed by atoms with Crippen molar-refractivity contribution in [2.75, 3.05) is 5.32 Å². The van der Waals surface area contributed by atoms with Crippen LogP contribution in [0.5, 0.6) is 0 Å². The van der Waals surface area contributed by atoms with Gasteiger partial charge in [0.1, 0.15) is 11.0 Å². The molecule has 0 unspecified atom stereocenters. The van der Waals surface area contributed by atoms with Gasteiger partial charge in [0, 0.05) is 28.1 Å². The van der Waals surface area contributed by atoms with Crippen LogP contribution in [-0.4, -0.2) is 26.3 Å². The van der Waals surface area contributed by atoms with Gasteiger partial charge in [-0.1, -0.05) is 23.7 Å². The normalized spacial score (nSPS) is 10.9. The summed E-state index contributed by atoms with van der Waals surface area (Å²) in [5.74, 6) is -0.228. The van der Waals surface area contributed by atoms with E-state index in [4.69, 9.17) is 11.6 Å². The fourth-order valence-corrected chi connectivity index (χ4v) is 3.50. The van der Waals surface area contributed by atoms with Gasteiger partial charge in [0.2, 0.25) is 0 Å². The van der Waals surface area contributed by atoms with Crippen LogP contribution in [0.4, 0.5) is 5.13 Å². The Morgan fingerprint density at radius 2 is 2.04 bits per heavy atom. The van der Waals surface area contributed by atoms with E-state index in [0.29, 0.717) is 21.2 Å². The van der Waals surface area contributed by atoms with Gasteiger partial charge in [0.15, 0.2) is 5.13 Å². The summed E-state index contributed by atoms with van der Waals surface area (Å²) in [5, 5.41) is 14.6. The molecule has 0 bridgehead atoms. The van der Waals surface area contributed by atoms with E-state index in [9.17, 15) is 4.79 Å². The summed E-state index contributed by atoms with van der Waals surface area (Å²) in [4.78, 5) is 17.7. The van der Waals surface area contributed by atoms with Crippen molar-refractivity contribution in [1.29, 1.82) is 0 Å². The molecule has 2 N–H and O–H groups in total. The van der Waals surface area contributed by atoms with E-state index in [1.165, 1.54) is 11.3 Å². The highest BCUT2D eigenvalue weighted by atomic mass is 35.5. The zero-order valence-electron chi connectivity index (χ0n) is 12.9. The minimum atomic E-state index is -0.228. The highest BCUT2D eigenvalue weighted by molar-refractivity contribution is 7.15. The molecule has 6 nitrogen and oxygen atoms in total. The number of carbonyl (C=O) groups excluding carboxylic acids is 1. The molecule has 0 radical (unpaired) electrons. The quantitative estimate of drug-likeness (QED) is 0.571. The number of thiazole rings is 1. The Hall–Kier alpha value is -2.77. The van der Waals surface area contributed by atoms with Crippen molar-refractivity contribution in [3.05, 3.63) is 69.7 Å². The van der Waals surface area contributed by atoms with Crippen molar-refractivity contribution in [2.24, 2.45) is 0 Å².